The molecule has 1 aromatic rings. The number of carbonyl (C=O) groups excluding carboxylic acids is 1. The van der Waals surface area contributed by atoms with Crippen molar-refractivity contribution in [2.24, 2.45) is 5.41 Å². The maximum Gasteiger partial charge on any atom is 0.317 e. The van der Waals surface area contributed by atoms with E-state index in [0.29, 0.717) is 26.2 Å². The lowest BCUT2D eigenvalue weighted by Gasteiger charge is -2.36. The molecule has 1 saturated heterocycles. The zero-order valence-corrected chi connectivity index (χ0v) is 14.7. The Morgan fingerprint density at radius 1 is 1.32 bits per heavy atom. The molecule has 3 rings (SSSR count). The van der Waals surface area contributed by atoms with Gasteiger partial charge >= 0.3 is 5.97 Å². The Morgan fingerprint density at radius 3 is 2.68 bits per heavy atom. The van der Waals surface area contributed by atoms with Crippen molar-refractivity contribution in [1.29, 1.82) is 0 Å². The number of amides is 1. The number of hydrogen-bond donors (Lipinski definition) is 1. The van der Waals surface area contributed by atoms with Crippen LogP contribution in [0.4, 0.5) is 0 Å². The number of benzene rings is 1. The van der Waals surface area contributed by atoms with Crippen molar-refractivity contribution in [1.82, 2.24) is 9.80 Å². The second-order valence-electron chi connectivity index (χ2n) is 7.28. The first-order chi connectivity index (χ1) is 12.0. The molecule has 1 aliphatic heterocycles. The molecule has 1 amide bonds. The summed E-state index contributed by atoms with van der Waals surface area (Å²) in [6.07, 6.45) is 2.56. The topological polar surface area (TPSA) is 70.1 Å². The molecular weight excluding hydrogens is 320 g/mol. The van der Waals surface area contributed by atoms with Crippen LogP contribution in [0.25, 0.3) is 0 Å². The molecule has 1 N–H and O–H groups in total. The molecule has 1 unspecified atom stereocenters. The van der Waals surface area contributed by atoms with E-state index in [-0.39, 0.29) is 24.0 Å². The summed E-state index contributed by atoms with van der Waals surface area (Å²) in [5.41, 5.74) is 0.968. The predicted molar refractivity (Wildman–Crippen MR) is 93.3 cm³/mol. The minimum Gasteiger partial charge on any atom is -0.480 e. The second kappa shape index (κ2) is 7.54. The van der Waals surface area contributed by atoms with E-state index >= 15 is 0 Å². The number of hydrogen-bond acceptors (Lipinski definition) is 4. The average molecular weight is 346 g/mol. The normalized spacial score (nSPS) is 22.0. The van der Waals surface area contributed by atoms with E-state index < -0.39 is 5.97 Å². The van der Waals surface area contributed by atoms with Crippen LogP contribution in [0.3, 0.4) is 0 Å². The van der Waals surface area contributed by atoms with Gasteiger partial charge in [-0.3, -0.25) is 14.5 Å². The minimum atomic E-state index is -0.856. The molecular formula is C19H26N2O4. The summed E-state index contributed by atoms with van der Waals surface area (Å²) in [6.45, 7) is 2.17. The number of rotatable bonds is 7. The predicted octanol–water partition coefficient (Wildman–Crippen LogP) is 1.25. The van der Waals surface area contributed by atoms with Gasteiger partial charge in [0.25, 0.3) is 0 Å². The first-order valence-corrected chi connectivity index (χ1v) is 8.84. The Bertz CT molecular complexity index is 615. The molecule has 136 valence electrons. The van der Waals surface area contributed by atoms with Crippen molar-refractivity contribution < 1.29 is 19.4 Å². The monoisotopic (exact) mass is 346 g/mol. The van der Waals surface area contributed by atoms with Gasteiger partial charge in [-0.2, -0.15) is 0 Å². The highest BCUT2D eigenvalue weighted by molar-refractivity contribution is 5.85. The van der Waals surface area contributed by atoms with Gasteiger partial charge in [-0.1, -0.05) is 30.3 Å². The maximum absolute atomic E-state index is 13.1. The molecule has 2 fully saturated rings. The number of likely N-dealkylation sites (N-methyl/N-ethyl adjacent to an activating group) is 1. The summed E-state index contributed by atoms with van der Waals surface area (Å²) < 4.78 is 5.73. The smallest absolute Gasteiger partial charge is 0.317 e. The quantitative estimate of drug-likeness (QED) is 0.805. The Kier molecular flexibility index (Phi) is 5.39. The largest absolute Gasteiger partial charge is 0.480 e. The molecule has 0 aromatic heterocycles. The van der Waals surface area contributed by atoms with Gasteiger partial charge in [0.2, 0.25) is 5.91 Å². The van der Waals surface area contributed by atoms with E-state index in [0.717, 1.165) is 19.3 Å². The van der Waals surface area contributed by atoms with E-state index in [1.807, 2.05) is 23.1 Å². The highest BCUT2D eigenvalue weighted by Gasteiger charge is 2.51. The summed E-state index contributed by atoms with van der Waals surface area (Å²) in [5, 5.41) is 8.86. The number of carboxylic acid groups (broad SMARTS) is 1. The van der Waals surface area contributed by atoms with E-state index in [1.54, 1.807) is 11.9 Å². The lowest BCUT2D eigenvalue weighted by atomic mass is 9.94. The van der Waals surface area contributed by atoms with Crippen molar-refractivity contribution in [3.05, 3.63) is 35.9 Å². The van der Waals surface area contributed by atoms with Crippen LogP contribution in [-0.4, -0.2) is 72.7 Å². The first-order valence-electron chi connectivity index (χ1n) is 8.84. The Balaban J connectivity index is 1.57. The van der Waals surface area contributed by atoms with Crippen molar-refractivity contribution in [3.8, 4) is 0 Å². The molecule has 0 spiro atoms. The minimum absolute atomic E-state index is 0.0221. The Labute approximate surface area is 148 Å². The highest BCUT2D eigenvalue weighted by Crippen LogP contribution is 2.50. The van der Waals surface area contributed by atoms with Crippen molar-refractivity contribution in [2.75, 3.05) is 39.8 Å². The summed E-state index contributed by atoms with van der Waals surface area (Å²) in [6, 6.07) is 10.2. The number of carboxylic acids is 1. The number of carbonyl (C=O) groups is 2. The molecule has 6 heteroatoms. The number of morpholine rings is 1. The lowest BCUT2D eigenvalue weighted by Crippen LogP contribution is -2.51. The van der Waals surface area contributed by atoms with Crippen LogP contribution in [0.2, 0.25) is 0 Å². The van der Waals surface area contributed by atoms with E-state index in [2.05, 4.69) is 12.1 Å². The highest BCUT2D eigenvalue weighted by atomic mass is 16.5. The molecule has 1 aromatic carbocycles. The van der Waals surface area contributed by atoms with Gasteiger partial charge in [-0.15, -0.1) is 0 Å². The van der Waals surface area contributed by atoms with Crippen LogP contribution in [0.15, 0.2) is 30.3 Å². The fraction of sp³-hybridized carbons (Fsp3) is 0.579. The maximum atomic E-state index is 13.1. The van der Waals surface area contributed by atoms with Gasteiger partial charge in [0.15, 0.2) is 0 Å². The number of ether oxygens (including phenoxy) is 1. The molecule has 0 bridgehead atoms. The summed E-state index contributed by atoms with van der Waals surface area (Å²) >= 11 is 0. The Morgan fingerprint density at radius 2 is 2.04 bits per heavy atom. The van der Waals surface area contributed by atoms with Gasteiger partial charge in [-0.25, -0.2) is 0 Å². The average Bonchev–Trinajstić information content (AvgIpc) is 3.35. The Hall–Kier alpha value is -1.92. The van der Waals surface area contributed by atoms with Crippen LogP contribution in [0, 0.1) is 5.41 Å². The van der Waals surface area contributed by atoms with Crippen LogP contribution < -0.4 is 0 Å². The van der Waals surface area contributed by atoms with Crippen LogP contribution >= 0.6 is 0 Å². The fourth-order valence-electron chi connectivity index (χ4n) is 3.60. The zero-order valence-electron chi connectivity index (χ0n) is 14.7. The van der Waals surface area contributed by atoms with E-state index in [9.17, 15) is 9.59 Å². The summed E-state index contributed by atoms with van der Waals surface area (Å²) in [7, 11) is 1.76. The number of nitrogens with zero attached hydrogens (tertiary/aromatic N) is 2. The third-order valence-electron chi connectivity index (χ3n) is 5.04. The molecule has 6 nitrogen and oxygen atoms in total. The zero-order chi connectivity index (χ0) is 17.9. The summed E-state index contributed by atoms with van der Waals surface area (Å²) in [5.74, 6) is -0.628. The van der Waals surface area contributed by atoms with E-state index in [4.69, 9.17) is 9.84 Å². The van der Waals surface area contributed by atoms with Gasteiger partial charge < -0.3 is 14.7 Å². The molecule has 2 aliphatic rings. The third kappa shape index (κ3) is 4.58. The molecule has 1 atom stereocenters. The lowest BCUT2D eigenvalue weighted by molar-refractivity contribution is -0.146. The van der Waals surface area contributed by atoms with Crippen molar-refractivity contribution in [3.63, 3.8) is 0 Å². The van der Waals surface area contributed by atoms with Crippen LogP contribution in [0.5, 0.6) is 0 Å². The molecule has 1 heterocycles. The van der Waals surface area contributed by atoms with Gasteiger partial charge in [0.1, 0.15) is 0 Å². The standard InChI is InChI=1S/C19H26N2O4/c1-20(14-17(22)23)12-16-13-21(9-10-25-16)18(24)19(7-8-19)11-15-5-3-2-4-6-15/h2-6,16H,7-14H2,1H3,(H,22,23). The van der Waals surface area contributed by atoms with Gasteiger partial charge in [0.05, 0.1) is 24.7 Å². The number of aliphatic carboxylic acids is 1. The van der Waals surface area contributed by atoms with E-state index in [1.165, 1.54) is 5.56 Å². The van der Waals surface area contributed by atoms with Gasteiger partial charge in [0, 0.05) is 19.6 Å². The van der Waals surface area contributed by atoms with Crippen LogP contribution in [-0.2, 0) is 20.7 Å². The molecule has 1 saturated carbocycles. The second-order valence-corrected chi connectivity index (χ2v) is 7.28. The van der Waals surface area contributed by atoms with Crippen molar-refractivity contribution >= 4 is 11.9 Å². The SMILES string of the molecule is CN(CC(=O)O)CC1CN(C(=O)C2(Cc3ccccc3)CC2)CCO1. The molecule has 25 heavy (non-hydrogen) atoms. The fourth-order valence-corrected chi connectivity index (χ4v) is 3.60. The molecule has 1 aliphatic carbocycles. The molecule has 0 radical (unpaired) electrons. The summed E-state index contributed by atoms with van der Waals surface area (Å²) in [4.78, 5) is 27.5. The van der Waals surface area contributed by atoms with Gasteiger partial charge in [-0.05, 0) is 31.9 Å². The third-order valence-corrected chi connectivity index (χ3v) is 5.04. The van der Waals surface area contributed by atoms with Crippen molar-refractivity contribution in [2.45, 2.75) is 25.4 Å². The van der Waals surface area contributed by atoms with Crippen LogP contribution in [0.1, 0.15) is 18.4 Å². The first kappa shape index (κ1) is 17.9.